The third-order valence-corrected chi connectivity index (χ3v) is 5.14. The Morgan fingerprint density at radius 3 is 2.50 bits per heavy atom. The number of rotatable bonds is 4. The first kappa shape index (κ1) is 16.6. The lowest BCUT2D eigenvalue weighted by atomic mass is 10.0. The van der Waals surface area contributed by atoms with Crippen LogP contribution in [-0.2, 0) is 6.54 Å². The van der Waals surface area contributed by atoms with Gasteiger partial charge in [-0.1, -0.05) is 36.4 Å². The lowest BCUT2D eigenvalue weighted by Gasteiger charge is -2.32. The lowest BCUT2D eigenvalue weighted by Crippen LogP contribution is -2.36. The Hall–Kier alpha value is -2.86. The molecule has 0 bridgehead atoms. The third kappa shape index (κ3) is 3.04. The third-order valence-electron chi connectivity index (χ3n) is 5.14. The summed E-state index contributed by atoms with van der Waals surface area (Å²) in [5.74, 6) is -1.01. The van der Waals surface area contributed by atoms with Gasteiger partial charge in [-0.3, -0.25) is 9.47 Å². The molecule has 1 aromatic heterocycles. The average Bonchev–Trinajstić information content (AvgIpc) is 2.99. The number of aromatic amines is 1. The fourth-order valence-electron chi connectivity index (χ4n) is 3.88. The quantitative estimate of drug-likeness (QED) is 0.758. The van der Waals surface area contributed by atoms with Gasteiger partial charge in [0.2, 0.25) is 0 Å². The summed E-state index contributed by atoms with van der Waals surface area (Å²) in [4.78, 5) is 29.2. The molecule has 2 N–H and O–H groups in total. The van der Waals surface area contributed by atoms with Gasteiger partial charge in [-0.2, -0.15) is 0 Å². The normalized spacial score (nSPS) is 16.2. The van der Waals surface area contributed by atoms with Crippen molar-refractivity contribution < 1.29 is 9.90 Å². The molecule has 0 aliphatic carbocycles. The summed E-state index contributed by atoms with van der Waals surface area (Å²) in [6, 6.07) is 15.3. The Balaban J connectivity index is 1.57. The van der Waals surface area contributed by atoms with Crippen LogP contribution in [0.15, 0.2) is 53.3 Å². The van der Waals surface area contributed by atoms with Crippen LogP contribution in [0.5, 0.6) is 0 Å². The second kappa shape index (κ2) is 6.80. The molecule has 1 fully saturated rings. The Kier molecular flexibility index (Phi) is 4.34. The highest BCUT2D eigenvalue weighted by Gasteiger charge is 2.25. The van der Waals surface area contributed by atoms with Crippen molar-refractivity contribution in [1.82, 2.24) is 14.5 Å². The predicted molar refractivity (Wildman–Crippen MR) is 99.5 cm³/mol. The fourth-order valence-corrected chi connectivity index (χ4v) is 3.88. The Bertz CT molecular complexity index is 982. The molecule has 1 aliphatic heterocycles. The Morgan fingerprint density at radius 2 is 1.81 bits per heavy atom. The van der Waals surface area contributed by atoms with Crippen LogP contribution < -0.4 is 5.69 Å². The number of aromatic nitrogens is 2. The maximum atomic E-state index is 12.5. The number of carboxylic acid groups (broad SMARTS) is 1. The van der Waals surface area contributed by atoms with E-state index in [-0.39, 0.29) is 17.3 Å². The van der Waals surface area contributed by atoms with E-state index in [1.807, 2.05) is 18.2 Å². The monoisotopic (exact) mass is 351 g/mol. The summed E-state index contributed by atoms with van der Waals surface area (Å²) >= 11 is 0. The summed E-state index contributed by atoms with van der Waals surface area (Å²) in [7, 11) is 0. The maximum Gasteiger partial charge on any atom is 0.337 e. The van der Waals surface area contributed by atoms with E-state index in [2.05, 4.69) is 22.0 Å². The van der Waals surface area contributed by atoms with Gasteiger partial charge in [-0.15, -0.1) is 0 Å². The van der Waals surface area contributed by atoms with E-state index < -0.39 is 5.97 Å². The SMILES string of the molecule is O=C(O)c1cccc2[nH]c(=O)n(C3CCN(Cc4ccccc4)CC3)c12. The van der Waals surface area contributed by atoms with Crippen molar-refractivity contribution in [2.24, 2.45) is 0 Å². The molecule has 1 aliphatic rings. The fraction of sp³-hybridized carbons (Fsp3) is 0.300. The number of nitrogens with zero attached hydrogens (tertiary/aromatic N) is 2. The number of imidazole rings is 1. The number of likely N-dealkylation sites (tertiary alicyclic amines) is 1. The molecule has 2 aromatic carbocycles. The minimum Gasteiger partial charge on any atom is -0.478 e. The number of carbonyl (C=O) groups is 1. The molecule has 0 saturated carbocycles. The summed E-state index contributed by atoms with van der Waals surface area (Å²) in [6.45, 7) is 2.67. The van der Waals surface area contributed by atoms with Gasteiger partial charge in [0, 0.05) is 25.7 Å². The molecular formula is C20H21N3O3. The van der Waals surface area contributed by atoms with E-state index in [1.54, 1.807) is 22.8 Å². The first-order valence-electron chi connectivity index (χ1n) is 8.86. The van der Waals surface area contributed by atoms with Gasteiger partial charge in [-0.25, -0.2) is 9.59 Å². The molecule has 0 unspecified atom stereocenters. The first-order valence-corrected chi connectivity index (χ1v) is 8.86. The molecule has 4 rings (SSSR count). The van der Waals surface area contributed by atoms with Crippen molar-refractivity contribution in [3.8, 4) is 0 Å². The topological polar surface area (TPSA) is 78.3 Å². The number of hydrogen-bond donors (Lipinski definition) is 2. The van der Waals surface area contributed by atoms with Gasteiger partial charge in [0.15, 0.2) is 0 Å². The number of nitrogens with one attached hydrogen (secondary N) is 1. The number of hydrogen-bond acceptors (Lipinski definition) is 3. The van der Waals surface area contributed by atoms with Gasteiger partial charge >= 0.3 is 11.7 Å². The summed E-state index contributed by atoms with van der Waals surface area (Å²) < 4.78 is 1.65. The second-order valence-corrected chi connectivity index (χ2v) is 6.80. The van der Waals surface area contributed by atoms with Crippen LogP contribution in [0.2, 0.25) is 0 Å². The number of fused-ring (bicyclic) bond motifs is 1. The highest BCUT2D eigenvalue weighted by molar-refractivity contribution is 6.01. The minimum absolute atomic E-state index is 0.0174. The van der Waals surface area contributed by atoms with Crippen LogP contribution >= 0.6 is 0 Å². The van der Waals surface area contributed by atoms with Crippen LogP contribution in [-0.4, -0.2) is 38.6 Å². The molecule has 26 heavy (non-hydrogen) atoms. The van der Waals surface area contributed by atoms with Crippen molar-refractivity contribution in [3.05, 3.63) is 70.1 Å². The molecule has 0 spiro atoms. The molecule has 6 heteroatoms. The molecule has 1 saturated heterocycles. The maximum absolute atomic E-state index is 12.5. The van der Waals surface area contributed by atoms with E-state index in [4.69, 9.17) is 0 Å². The smallest absolute Gasteiger partial charge is 0.337 e. The van der Waals surface area contributed by atoms with Gasteiger partial charge in [0.05, 0.1) is 16.6 Å². The summed E-state index contributed by atoms with van der Waals surface area (Å²) in [6.07, 6.45) is 1.65. The van der Waals surface area contributed by atoms with Gasteiger partial charge < -0.3 is 10.1 Å². The zero-order chi connectivity index (χ0) is 18.1. The molecule has 134 valence electrons. The molecular weight excluding hydrogens is 330 g/mol. The van der Waals surface area contributed by atoms with Crippen molar-refractivity contribution in [2.45, 2.75) is 25.4 Å². The number of para-hydroxylation sites is 1. The van der Waals surface area contributed by atoms with E-state index >= 15 is 0 Å². The van der Waals surface area contributed by atoms with Gasteiger partial charge in [-0.05, 0) is 30.5 Å². The Morgan fingerprint density at radius 1 is 1.08 bits per heavy atom. The largest absolute Gasteiger partial charge is 0.478 e. The summed E-state index contributed by atoms with van der Waals surface area (Å²) in [5, 5.41) is 9.48. The zero-order valence-electron chi connectivity index (χ0n) is 14.4. The van der Waals surface area contributed by atoms with Gasteiger partial charge in [0.1, 0.15) is 0 Å². The van der Waals surface area contributed by atoms with E-state index in [9.17, 15) is 14.7 Å². The van der Waals surface area contributed by atoms with Crippen LogP contribution in [0.25, 0.3) is 11.0 Å². The predicted octanol–water partition coefficient (Wildman–Crippen LogP) is 2.86. The van der Waals surface area contributed by atoms with Crippen molar-refractivity contribution >= 4 is 17.0 Å². The first-order chi connectivity index (χ1) is 12.6. The standard InChI is InChI=1S/C20H21N3O3/c24-19(25)16-7-4-8-17-18(16)23(20(26)21-17)15-9-11-22(12-10-15)13-14-5-2-1-3-6-14/h1-8,15H,9-13H2,(H,21,26)(H,24,25). The van der Waals surface area contributed by atoms with Crippen LogP contribution in [0, 0.1) is 0 Å². The van der Waals surface area contributed by atoms with Gasteiger partial charge in [0.25, 0.3) is 0 Å². The van der Waals surface area contributed by atoms with Crippen LogP contribution in [0.3, 0.4) is 0 Å². The number of aromatic carboxylic acids is 1. The number of piperidine rings is 1. The van der Waals surface area contributed by atoms with Crippen LogP contribution in [0.4, 0.5) is 0 Å². The zero-order valence-corrected chi connectivity index (χ0v) is 14.4. The second-order valence-electron chi connectivity index (χ2n) is 6.80. The van der Waals surface area contributed by atoms with Crippen molar-refractivity contribution in [1.29, 1.82) is 0 Å². The number of benzene rings is 2. The highest BCUT2D eigenvalue weighted by Crippen LogP contribution is 2.27. The highest BCUT2D eigenvalue weighted by atomic mass is 16.4. The van der Waals surface area contributed by atoms with Crippen molar-refractivity contribution in [3.63, 3.8) is 0 Å². The van der Waals surface area contributed by atoms with E-state index in [0.29, 0.717) is 11.0 Å². The molecule has 0 atom stereocenters. The van der Waals surface area contributed by atoms with Crippen molar-refractivity contribution in [2.75, 3.05) is 13.1 Å². The molecule has 0 amide bonds. The lowest BCUT2D eigenvalue weighted by molar-refractivity contribution is 0.0698. The van der Waals surface area contributed by atoms with Crippen LogP contribution in [0.1, 0.15) is 34.8 Å². The molecule has 3 aromatic rings. The number of H-pyrrole nitrogens is 1. The molecule has 2 heterocycles. The van der Waals surface area contributed by atoms with E-state index in [1.165, 1.54) is 5.56 Å². The minimum atomic E-state index is -1.01. The average molecular weight is 351 g/mol. The Labute approximate surface area is 150 Å². The molecule has 6 nitrogen and oxygen atoms in total. The number of carboxylic acids is 1. The molecule has 0 radical (unpaired) electrons. The summed E-state index contributed by atoms with van der Waals surface area (Å²) in [5.41, 5.74) is 2.32. The van der Waals surface area contributed by atoms with E-state index in [0.717, 1.165) is 32.5 Å².